The zero-order valence-electron chi connectivity index (χ0n) is 12.1. The maximum absolute atomic E-state index is 12.6. The highest BCUT2D eigenvalue weighted by molar-refractivity contribution is 6.30. The Kier molecular flexibility index (Phi) is 4.29. The summed E-state index contributed by atoms with van der Waals surface area (Å²) in [7, 11) is 0. The van der Waals surface area contributed by atoms with Crippen molar-refractivity contribution in [3.8, 4) is 0 Å². The summed E-state index contributed by atoms with van der Waals surface area (Å²) in [4.78, 5) is 26.2. The van der Waals surface area contributed by atoms with E-state index in [4.69, 9.17) is 11.6 Å². The summed E-state index contributed by atoms with van der Waals surface area (Å²) in [6.07, 6.45) is 3.53. The van der Waals surface area contributed by atoms with Crippen molar-refractivity contribution in [2.75, 3.05) is 6.54 Å². The Morgan fingerprint density at radius 2 is 2.09 bits per heavy atom. The summed E-state index contributed by atoms with van der Waals surface area (Å²) in [6, 6.07) is 12.6. The quantitative estimate of drug-likeness (QED) is 0.874. The predicted octanol–water partition coefficient (Wildman–Crippen LogP) is 2.87. The summed E-state index contributed by atoms with van der Waals surface area (Å²) in [5.74, 6) is -0.0317. The zero-order chi connectivity index (χ0) is 15.5. The van der Waals surface area contributed by atoms with Crippen molar-refractivity contribution in [3.63, 3.8) is 0 Å². The first kappa shape index (κ1) is 14.9. The fraction of sp³-hybridized carbons (Fsp3) is 0.294. The SMILES string of the molecule is O=C(Cn1ccccc1=O)N1CCCC1c1cccc(Cl)c1. The van der Waals surface area contributed by atoms with Crippen molar-refractivity contribution >= 4 is 17.5 Å². The van der Waals surface area contributed by atoms with Gasteiger partial charge >= 0.3 is 0 Å². The molecule has 0 aliphatic carbocycles. The van der Waals surface area contributed by atoms with Crippen LogP contribution in [0.2, 0.25) is 5.02 Å². The molecule has 1 aromatic heterocycles. The maximum atomic E-state index is 12.6. The predicted molar refractivity (Wildman–Crippen MR) is 85.8 cm³/mol. The van der Waals surface area contributed by atoms with Gasteiger partial charge in [-0.25, -0.2) is 0 Å². The highest BCUT2D eigenvalue weighted by Gasteiger charge is 2.30. The molecule has 0 bridgehead atoms. The topological polar surface area (TPSA) is 42.3 Å². The lowest BCUT2D eigenvalue weighted by Gasteiger charge is -2.25. The van der Waals surface area contributed by atoms with Gasteiger partial charge in [0.15, 0.2) is 0 Å². The van der Waals surface area contributed by atoms with Gasteiger partial charge in [-0.1, -0.05) is 29.8 Å². The van der Waals surface area contributed by atoms with Crippen LogP contribution in [-0.4, -0.2) is 21.9 Å². The van der Waals surface area contributed by atoms with Crippen LogP contribution in [0.4, 0.5) is 0 Å². The molecule has 1 saturated heterocycles. The molecule has 22 heavy (non-hydrogen) atoms. The van der Waals surface area contributed by atoms with Gasteiger partial charge in [-0.05, 0) is 36.6 Å². The number of halogens is 1. The Bertz CT molecular complexity index is 741. The van der Waals surface area contributed by atoms with Crippen LogP contribution in [0, 0.1) is 0 Å². The molecule has 0 N–H and O–H groups in total. The monoisotopic (exact) mass is 316 g/mol. The number of rotatable bonds is 3. The summed E-state index contributed by atoms with van der Waals surface area (Å²) >= 11 is 6.05. The van der Waals surface area contributed by atoms with Gasteiger partial charge in [0, 0.05) is 23.8 Å². The fourth-order valence-electron chi connectivity index (χ4n) is 2.95. The first-order valence-electron chi connectivity index (χ1n) is 7.35. The molecule has 1 fully saturated rings. The van der Waals surface area contributed by atoms with E-state index < -0.39 is 0 Å². The summed E-state index contributed by atoms with van der Waals surface area (Å²) in [5.41, 5.74) is 0.896. The first-order valence-corrected chi connectivity index (χ1v) is 7.73. The molecule has 1 aliphatic heterocycles. The van der Waals surface area contributed by atoms with Crippen LogP contribution in [0.5, 0.6) is 0 Å². The lowest BCUT2D eigenvalue weighted by Crippen LogP contribution is -2.35. The lowest BCUT2D eigenvalue weighted by molar-refractivity contribution is -0.132. The minimum Gasteiger partial charge on any atom is -0.334 e. The Morgan fingerprint density at radius 3 is 2.86 bits per heavy atom. The molecule has 1 atom stereocenters. The molecule has 0 radical (unpaired) electrons. The molecule has 2 aromatic rings. The van der Waals surface area contributed by atoms with Crippen LogP contribution >= 0.6 is 11.6 Å². The van der Waals surface area contributed by atoms with Crippen molar-refractivity contribution in [1.29, 1.82) is 0 Å². The van der Waals surface area contributed by atoms with Crippen LogP contribution in [0.3, 0.4) is 0 Å². The number of aromatic nitrogens is 1. The molecule has 1 unspecified atom stereocenters. The summed E-state index contributed by atoms with van der Waals surface area (Å²) in [6.45, 7) is 0.800. The van der Waals surface area contributed by atoms with E-state index in [1.807, 2.05) is 29.2 Å². The van der Waals surface area contributed by atoms with Crippen LogP contribution in [0.15, 0.2) is 53.5 Å². The molecule has 0 saturated carbocycles. The van der Waals surface area contributed by atoms with Gasteiger partial charge in [-0.2, -0.15) is 0 Å². The van der Waals surface area contributed by atoms with Gasteiger partial charge in [0.2, 0.25) is 5.91 Å². The molecule has 2 heterocycles. The standard InChI is InChI=1S/C17H17ClN2O2/c18-14-6-3-5-13(11-14)15-7-4-10-20(15)17(22)12-19-9-2-1-8-16(19)21/h1-3,5-6,8-9,11,15H,4,7,10,12H2. The van der Waals surface area contributed by atoms with Crippen LogP contribution < -0.4 is 5.56 Å². The minimum absolute atomic E-state index is 0.0317. The lowest BCUT2D eigenvalue weighted by atomic mass is 10.0. The Morgan fingerprint density at radius 1 is 1.23 bits per heavy atom. The largest absolute Gasteiger partial charge is 0.334 e. The number of benzene rings is 1. The number of carbonyl (C=O) groups is 1. The van der Waals surface area contributed by atoms with E-state index in [0.29, 0.717) is 5.02 Å². The third-order valence-corrected chi connectivity index (χ3v) is 4.25. The second kappa shape index (κ2) is 6.36. The number of nitrogens with zero attached hydrogens (tertiary/aromatic N) is 2. The normalized spacial score (nSPS) is 17.7. The van der Waals surface area contributed by atoms with E-state index >= 15 is 0 Å². The van der Waals surface area contributed by atoms with E-state index in [9.17, 15) is 9.59 Å². The Labute approximate surface area is 133 Å². The second-order valence-electron chi connectivity index (χ2n) is 5.47. The number of hydrogen-bond donors (Lipinski definition) is 0. The molecule has 3 rings (SSSR count). The third-order valence-electron chi connectivity index (χ3n) is 4.01. The molecule has 1 aliphatic rings. The van der Waals surface area contributed by atoms with Crippen molar-refractivity contribution in [2.24, 2.45) is 0 Å². The van der Waals surface area contributed by atoms with E-state index in [1.54, 1.807) is 18.3 Å². The molecular formula is C17H17ClN2O2. The van der Waals surface area contributed by atoms with Gasteiger partial charge in [0.25, 0.3) is 5.56 Å². The van der Waals surface area contributed by atoms with E-state index in [-0.39, 0.29) is 24.1 Å². The molecular weight excluding hydrogens is 300 g/mol. The number of carbonyl (C=O) groups excluding carboxylic acids is 1. The third kappa shape index (κ3) is 3.07. The highest BCUT2D eigenvalue weighted by atomic mass is 35.5. The van der Waals surface area contributed by atoms with Gasteiger partial charge < -0.3 is 9.47 Å². The van der Waals surface area contributed by atoms with Gasteiger partial charge in [-0.3, -0.25) is 9.59 Å². The molecule has 1 aromatic carbocycles. The van der Waals surface area contributed by atoms with Gasteiger partial charge in [-0.15, -0.1) is 0 Å². The number of amides is 1. The minimum atomic E-state index is -0.158. The second-order valence-corrected chi connectivity index (χ2v) is 5.90. The smallest absolute Gasteiger partial charge is 0.250 e. The molecule has 4 nitrogen and oxygen atoms in total. The average molecular weight is 317 g/mol. The molecule has 114 valence electrons. The zero-order valence-corrected chi connectivity index (χ0v) is 12.9. The van der Waals surface area contributed by atoms with Crippen molar-refractivity contribution in [2.45, 2.75) is 25.4 Å². The van der Waals surface area contributed by atoms with Gasteiger partial charge in [0.05, 0.1) is 6.04 Å². The summed E-state index contributed by atoms with van der Waals surface area (Å²) < 4.78 is 1.44. The van der Waals surface area contributed by atoms with Gasteiger partial charge in [0.1, 0.15) is 6.54 Å². The van der Waals surface area contributed by atoms with E-state index in [2.05, 4.69) is 0 Å². The van der Waals surface area contributed by atoms with E-state index in [0.717, 1.165) is 24.9 Å². The highest BCUT2D eigenvalue weighted by Crippen LogP contribution is 2.33. The molecule has 5 heteroatoms. The Balaban J connectivity index is 1.80. The molecule has 0 spiro atoms. The Hall–Kier alpha value is -2.07. The van der Waals surface area contributed by atoms with Crippen LogP contribution in [0.1, 0.15) is 24.4 Å². The molecule has 1 amide bonds. The first-order chi connectivity index (χ1) is 10.6. The number of hydrogen-bond acceptors (Lipinski definition) is 2. The van der Waals surface area contributed by atoms with Crippen molar-refractivity contribution < 1.29 is 4.79 Å². The summed E-state index contributed by atoms with van der Waals surface area (Å²) in [5, 5.41) is 0.677. The van der Waals surface area contributed by atoms with Crippen molar-refractivity contribution in [3.05, 3.63) is 69.6 Å². The number of pyridine rings is 1. The van der Waals surface area contributed by atoms with Crippen LogP contribution in [0.25, 0.3) is 0 Å². The maximum Gasteiger partial charge on any atom is 0.250 e. The van der Waals surface area contributed by atoms with E-state index in [1.165, 1.54) is 10.6 Å². The average Bonchev–Trinajstić information content (AvgIpc) is 2.99. The number of likely N-dealkylation sites (tertiary alicyclic amines) is 1. The van der Waals surface area contributed by atoms with Crippen LogP contribution in [-0.2, 0) is 11.3 Å². The fourth-order valence-corrected chi connectivity index (χ4v) is 3.15. The van der Waals surface area contributed by atoms with Crippen molar-refractivity contribution in [1.82, 2.24) is 9.47 Å².